The number of nitrogens with zero attached hydrogens (tertiary/aromatic N) is 3. The normalized spacial score (nSPS) is 11.7. The van der Waals surface area contributed by atoms with E-state index in [4.69, 9.17) is 0 Å². The van der Waals surface area contributed by atoms with Crippen LogP contribution in [0.3, 0.4) is 0 Å². The molecule has 2 aromatic rings. The molecule has 6 heteroatoms. The fraction of sp³-hybridized carbons (Fsp3) is 0.350. The van der Waals surface area contributed by atoms with Gasteiger partial charge in [0.25, 0.3) is 11.5 Å². The van der Waals surface area contributed by atoms with Gasteiger partial charge in [0, 0.05) is 33.9 Å². The van der Waals surface area contributed by atoms with E-state index < -0.39 is 5.56 Å². The number of aromatic nitrogens is 1. The zero-order valence-corrected chi connectivity index (χ0v) is 15.7. The number of pyridine rings is 1. The average Bonchev–Trinajstić information content (AvgIpc) is 2.63. The van der Waals surface area contributed by atoms with Crippen LogP contribution in [0.2, 0.25) is 0 Å². The lowest BCUT2D eigenvalue weighted by molar-refractivity contribution is -0.129. The maximum atomic E-state index is 12.7. The van der Waals surface area contributed by atoms with Crippen LogP contribution in [0, 0.1) is 0 Å². The Kier molecular flexibility index (Phi) is 6.33. The third-order valence-corrected chi connectivity index (χ3v) is 4.32. The summed E-state index contributed by atoms with van der Waals surface area (Å²) in [7, 11) is 4.94. The molecule has 1 atom stereocenters. The van der Waals surface area contributed by atoms with Crippen molar-refractivity contribution in [2.75, 3.05) is 27.7 Å². The first-order valence-corrected chi connectivity index (χ1v) is 8.51. The number of benzene rings is 1. The molecule has 1 aromatic carbocycles. The molecule has 0 N–H and O–H groups in total. The molecule has 0 saturated heterocycles. The largest absolute Gasteiger partial charge is 0.347 e. The van der Waals surface area contributed by atoms with Crippen molar-refractivity contribution >= 4 is 11.8 Å². The van der Waals surface area contributed by atoms with E-state index in [-0.39, 0.29) is 29.8 Å². The Morgan fingerprint density at radius 2 is 1.69 bits per heavy atom. The Bertz CT molecular complexity index is 828. The predicted octanol–water partition coefficient (Wildman–Crippen LogP) is 1.81. The van der Waals surface area contributed by atoms with Gasteiger partial charge in [-0.25, -0.2) is 0 Å². The van der Waals surface area contributed by atoms with Crippen LogP contribution >= 0.6 is 0 Å². The van der Waals surface area contributed by atoms with Gasteiger partial charge in [0.2, 0.25) is 5.91 Å². The number of carbonyl (C=O) groups excluding carboxylic acids is 2. The monoisotopic (exact) mass is 355 g/mol. The van der Waals surface area contributed by atoms with E-state index in [2.05, 4.69) is 0 Å². The first-order valence-electron chi connectivity index (χ1n) is 8.51. The van der Waals surface area contributed by atoms with Crippen molar-refractivity contribution in [3.05, 3.63) is 70.1 Å². The summed E-state index contributed by atoms with van der Waals surface area (Å²) in [5.74, 6) is -0.404. The van der Waals surface area contributed by atoms with Gasteiger partial charge < -0.3 is 14.4 Å². The third kappa shape index (κ3) is 4.59. The molecule has 0 fully saturated rings. The maximum absolute atomic E-state index is 12.7. The van der Waals surface area contributed by atoms with E-state index >= 15 is 0 Å². The molecule has 0 aliphatic carbocycles. The fourth-order valence-corrected chi connectivity index (χ4v) is 2.70. The van der Waals surface area contributed by atoms with Gasteiger partial charge in [0.15, 0.2) is 0 Å². The highest BCUT2D eigenvalue weighted by Crippen LogP contribution is 2.16. The van der Waals surface area contributed by atoms with Crippen LogP contribution in [0.15, 0.2) is 53.5 Å². The molecule has 0 aliphatic heterocycles. The van der Waals surface area contributed by atoms with Gasteiger partial charge in [-0.15, -0.1) is 0 Å². The van der Waals surface area contributed by atoms with Crippen LogP contribution in [0.5, 0.6) is 0 Å². The molecule has 0 radical (unpaired) electrons. The Hall–Kier alpha value is -2.89. The highest BCUT2D eigenvalue weighted by Gasteiger charge is 2.19. The van der Waals surface area contributed by atoms with Gasteiger partial charge in [0.1, 0.15) is 12.1 Å². The summed E-state index contributed by atoms with van der Waals surface area (Å²) in [6.07, 6.45) is 1.52. The highest BCUT2D eigenvalue weighted by molar-refractivity contribution is 5.93. The molecule has 0 unspecified atom stereocenters. The SMILES string of the molecule is C[C@@H](CN(C)C(=O)c1cccn(CC(=O)N(C)C)c1=O)c1ccccc1. The van der Waals surface area contributed by atoms with E-state index in [0.717, 1.165) is 5.56 Å². The Labute approximate surface area is 153 Å². The fourth-order valence-electron chi connectivity index (χ4n) is 2.70. The minimum absolute atomic E-state index is 0.0711. The second-order valence-electron chi connectivity index (χ2n) is 6.64. The molecule has 2 amide bonds. The van der Waals surface area contributed by atoms with E-state index in [1.54, 1.807) is 32.1 Å². The summed E-state index contributed by atoms with van der Waals surface area (Å²) in [5.41, 5.74) is 0.753. The number of rotatable bonds is 6. The number of likely N-dealkylation sites (N-methyl/N-ethyl adjacent to an activating group) is 2. The van der Waals surface area contributed by atoms with Crippen molar-refractivity contribution in [3.8, 4) is 0 Å². The predicted molar refractivity (Wildman–Crippen MR) is 101 cm³/mol. The van der Waals surface area contributed by atoms with Crippen LogP contribution in [0.1, 0.15) is 28.8 Å². The van der Waals surface area contributed by atoms with Crippen molar-refractivity contribution in [3.63, 3.8) is 0 Å². The molecule has 1 aromatic heterocycles. The molecule has 0 aliphatic rings. The third-order valence-electron chi connectivity index (χ3n) is 4.32. The van der Waals surface area contributed by atoms with Gasteiger partial charge in [-0.3, -0.25) is 14.4 Å². The van der Waals surface area contributed by atoms with Crippen LogP contribution in [-0.2, 0) is 11.3 Å². The van der Waals surface area contributed by atoms with Gasteiger partial charge in [-0.05, 0) is 23.6 Å². The second-order valence-corrected chi connectivity index (χ2v) is 6.64. The first kappa shape index (κ1) is 19.4. The van der Waals surface area contributed by atoms with Crippen molar-refractivity contribution < 1.29 is 9.59 Å². The van der Waals surface area contributed by atoms with Crippen molar-refractivity contribution in [2.24, 2.45) is 0 Å². The molecular weight excluding hydrogens is 330 g/mol. The lowest BCUT2D eigenvalue weighted by Crippen LogP contribution is -2.38. The van der Waals surface area contributed by atoms with Gasteiger partial charge in [-0.2, -0.15) is 0 Å². The zero-order valence-electron chi connectivity index (χ0n) is 15.7. The Balaban J connectivity index is 2.16. The summed E-state index contributed by atoms with van der Waals surface area (Å²) >= 11 is 0. The summed E-state index contributed by atoms with van der Waals surface area (Å²) in [6.45, 7) is 2.45. The molecule has 0 spiro atoms. The van der Waals surface area contributed by atoms with E-state index in [9.17, 15) is 14.4 Å². The van der Waals surface area contributed by atoms with Crippen LogP contribution in [0.4, 0.5) is 0 Å². The molecule has 0 saturated carbocycles. The van der Waals surface area contributed by atoms with E-state index in [1.165, 1.54) is 21.7 Å². The maximum Gasteiger partial charge on any atom is 0.263 e. The molecule has 138 valence electrons. The molecule has 1 heterocycles. The first-order chi connectivity index (χ1) is 12.3. The van der Waals surface area contributed by atoms with Crippen LogP contribution in [0.25, 0.3) is 0 Å². The average molecular weight is 355 g/mol. The lowest BCUT2D eigenvalue weighted by atomic mass is 10.0. The van der Waals surface area contributed by atoms with E-state index in [1.807, 2.05) is 37.3 Å². The molecule has 0 bridgehead atoms. The smallest absolute Gasteiger partial charge is 0.263 e. The van der Waals surface area contributed by atoms with E-state index in [0.29, 0.717) is 6.54 Å². The van der Waals surface area contributed by atoms with Crippen molar-refractivity contribution in [1.29, 1.82) is 0 Å². The van der Waals surface area contributed by atoms with Gasteiger partial charge in [-0.1, -0.05) is 37.3 Å². The summed E-state index contributed by atoms with van der Waals surface area (Å²) in [5, 5.41) is 0. The van der Waals surface area contributed by atoms with Crippen molar-refractivity contribution in [2.45, 2.75) is 19.4 Å². The van der Waals surface area contributed by atoms with Crippen LogP contribution in [-0.4, -0.2) is 53.9 Å². The van der Waals surface area contributed by atoms with Gasteiger partial charge in [0.05, 0.1) is 0 Å². The molecule has 26 heavy (non-hydrogen) atoms. The molecule has 6 nitrogen and oxygen atoms in total. The minimum Gasteiger partial charge on any atom is -0.347 e. The molecule has 2 rings (SSSR count). The lowest BCUT2D eigenvalue weighted by Gasteiger charge is -2.22. The summed E-state index contributed by atoms with van der Waals surface area (Å²) in [6, 6.07) is 13.0. The summed E-state index contributed by atoms with van der Waals surface area (Å²) in [4.78, 5) is 40.1. The quantitative estimate of drug-likeness (QED) is 0.794. The Morgan fingerprint density at radius 1 is 1.04 bits per heavy atom. The minimum atomic E-state index is -0.452. The number of hydrogen-bond acceptors (Lipinski definition) is 3. The van der Waals surface area contributed by atoms with Crippen LogP contribution < -0.4 is 5.56 Å². The van der Waals surface area contributed by atoms with Crippen molar-refractivity contribution in [1.82, 2.24) is 14.4 Å². The standard InChI is InChI=1S/C20H25N3O3/c1-15(16-9-6-5-7-10-16)13-22(4)19(25)17-11-8-12-23(20(17)26)14-18(24)21(2)3/h5-12,15H,13-14H2,1-4H3/t15-/m0/s1. The number of carbonyl (C=O) groups is 2. The topological polar surface area (TPSA) is 62.6 Å². The van der Waals surface area contributed by atoms with Gasteiger partial charge >= 0.3 is 0 Å². The number of hydrogen-bond donors (Lipinski definition) is 0. The Morgan fingerprint density at radius 3 is 2.31 bits per heavy atom. The summed E-state index contributed by atoms with van der Waals surface area (Å²) < 4.78 is 1.27. The zero-order chi connectivity index (χ0) is 19.3. The molecular formula is C20H25N3O3. The highest BCUT2D eigenvalue weighted by atomic mass is 16.2. The second kappa shape index (κ2) is 8.47. The number of amides is 2.